The summed E-state index contributed by atoms with van der Waals surface area (Å²) >= 11 is 0. The van der Waals surface area contributed by atoms with Gasteiger partial charge in [-0.15, -0.1) is 0 Å². The molecule has 1 aliphatic rings. The SMILES string of the molecule is Cc1ccc2c(C(=O)O)c3c(nc2c1C)C(C)CC3(C)C. The summed E-state index contributed by atoms with van der Waals surface area (Å²) in [6, 6.07) is 3.90. The number of nitrogens with zero attached hydrogens (tertiary/aromatic N) is 1. The molecular weight excluding hydrogens is 262 g/mol. The molecule has 1 aromatic heterocycles. The van der Waals surface area contributed by atoms with Gasteiger partial charge in [0.2, 0.25) is 0 Å². The van der Waals surface area contributed by atoms with Gasteiger partial charge in [-0.25, -0.2) is 4.79 Å². The Morgan fingerprint density at radius 1 is 1.33 bits per heavy atom. The number of pyridine rings is 1. The number of hydrogen-bond acceptors (Lipinski definition) is 2. The second-order valence-corrected chi connectivity index (χ2v) is 6.94. The van der Waals surface area contributed by atoms with E-state index in [4.69, 9.17) is 4.98 Å². The van der Waals surface area contributed by atoms with Gasteiger partial charge in [-0.05, 0) is 48.3 Å². The van der Waals surface area contributed by atoms with Gasteiger partial charge in [0.25, 0.3) is 0 Å². The number of aryl methyl sites for hydroxylation is 2. The van der Waals surface area contributed by atoms with Crippen molar-refractivity contribution >= 4 is 16.9 Å². The highest BCUT2D eigenvalue weighted by Crippen LogP contribution is 2.48. The summed E-state index contributed by atoms with van der Waals surface area (Å²) in [4.78, 5) is 16.8. The number of carboxylic acid groups (broad SMARTS) is 1. The van der Waals surface area contributed by atoms with Crippen molar-refractivity contribution in [3.05, 3.63) is 40.1 Å². The lowest BCUT2D eigenvalue weighted by atomic mass is 9.82. The highest BCUT2D eigenvalue weighted by atomic mass is 16.4. The van der Waals surface area contributed by atoms with Crippen molar-refractivity contribution in [2.24, 2.45) is 0 Å². The summed E-state index contributed by atoms with van der Waals surface area (Å²) in [6.45, 7) is 10.4. The summed E-state index contributed by atoms with van der Waals surface area (Å²) in [5.41, 5.74) is 5.29. The Labute approximate surface area is 125 Å². The molecule has 0 aliphatic heterocycles. The molecule has 3 rings (SSSR count). The second kappa shape index (κ2) is 4.30. The van der Waals surface area contributed by atoms with Crippen LogP contribution >= 0.6 is 0 Å². The fraction of sp³-hybridized carbons (Fsp3) is 0.444. The van der Waals surface area contributed by atoms with Crippen molar-refractivity contribution in [3.63, 3.8) is 0 Å². The van der Waals surface area contributed by atoms with Crippen molar-refractivity contribution in [2.45, 2.75) is 52.4 Å². The number of carbonyl (C=O) groups is 1. The van der Waals surface area contributed by atoms with E-state index < -0.39 is 5.97 Å². The van der Waals surface area contributed by atoms with E-state index in [0.29, 0.717) is 11.5 Å². The predicted molar refractivity (Wildman–Crippen MR) is 84.2 cm³/mol. The number of hydrogen-bond donors (Lipinski definition) is 1. The van der Waals surface area contributed by atoms with E-state index >= 15 is 0 Å². The van der Waals surface area contributed by atoms with Crippen LogP contribution in [0.4, 0.5) is 0 Å². The van der Waals surface area contributed by atoms with Crippen LogP contribution in [0, 0.1) is 13.8 Å². The van der Waals surface area contributed by atoms with E-state index in [-0.39, 0.29) is 5.41 Å². The first-order valence-corrected chi connectivity index (χ1v) is 7.41. The average molecular weight is 283 g/mol. The Balaban J connectivity index is 2.53. The average Bonchev–Trinajstić information content (AvgIpc) is 2.62. The van der Waals surface area contributed by atoms with Crippen LogP contribution in [0.15, 0.2) is 12.1 Å². The molecule has 0 spiro atoms. The molecule has 1 heterocycles. The Hall–Kier alpha value is -1.90. The maximum atomic E-state index is 11.9. The molecule has 21 heavy (non-hydrogen) atoms. The van der Waals surface area contributed by atoms with Gasteiger partial charge in [-0.3, -0.25) is 4.98 Å². The van der Waals surface area contributed by atoms with Gasteiger partial charge in [0, 0.05) is 11.1 Å². The molecule has 1 aromatic carbocycles. The van der Waals surface area contributed by atoms with Crippen LogP contribution in [0.25, 0.3) is 10.9 Å². The first-order valence-electron chi connectivity index (χ1n) is 7.41. The van der Waals surface area contributed by atoms with Gasteiger partial charge in [0.05, 0.1) is 11.1 Å². The summed E-state index contributed by atoms with van der Waals surface area (Å²) in [5.74, 6) is -0.540. The summed E-state index contributed by atoms with van der Waals surface area (Å²) in [7, 11) is 0. The molecule has 0 radical (unpaired) electrons. The van der Waals surface area contributed by atoms with Crippen molar-refractivity contribution in [2.75, 3.05) is 0 Å². The summed E-state index contributed by atoms with van der Waals surface area (Å²) in [6.07, 6.45) is 0.948. The zero-order valence-corrected chi connectivity index (χ0v) is 13.2. The summed E-state index contributed by atoms with van der Waals surface area (Å²) < 4.78 is 0. The number of aromatic nitrogens is 1. The number of aromatic carboxylic acids is 1. The van der Waals surface area contributed by atoms with E-state index in [0.717, 1.165) is 39.7 Å². The lowest BCUT2D eigenvalue weighted by Crippen LogP contribution is -2.18. The van der Waals surface area contributed by atoms with Crippen LogP contribution in [-0.4, -0.2) is 16.1 Å². The van der Waals surface area contributed by atoms with Gasteiger partial charge in [-0.1, -0.05) is 32.9 Å². The zero-order chi connectivity index (χ0) is 15.5. The molecule has 1 unspecified atom stereocenters. The summed E-state index contributed by atoms with van der Waals surface area (Å²) in [5, 5.41) is 10.6. The maximum Gasteiger partial charge on any atom is 0.336 e. The Morgan fingerprint density at radius 3 is 2.62 bits per heavy atom. The minimum Gasteiger partial charge on any atom is -0.478 e. The fourth-order valence-corrected chi connectivity index (χ4v) is 3.81. The molecule has 1 atom stereocenters. The van der Waals surface area contributed by atoms with Gasteiger partial charge >= 0.3 is 5.97 Å². The Bertz CT molecular complexity index is 775. The molecule has 0 saturated carbocycles. The van der Waals surface area contributed by atoms with Crippen LogP contribution in [0.1, 0.15) is 65.9 Å². The van der Waals surface area contributed by atoms with Gasteiger partial charge < -0.3 is 5.11 Å². The molecular formula is C18H21NO2. The Morgan fingerprint density at radius 2 is 2.00 bits per heavy atom. The standard InChI is InChI=1S/C18H21NO2/c1-9-6-7-12-13(17(20)21)14-15(19-16(12)11(9)3)10(2)8-18(14,4)5/h6-7,10H,8H2,1-5H3,(H,20,21). The number of benzene rings is 1. The third kappa shape index (κ3) is 1.87. The number of carboxylic acids is 1. The first-order chi connectivity index (χ1) is 9.74. The molecule has 0 saturated heterocycles. The van der Waals surface area contributed by atoms with E-state index in [2.05, 4.69) is 20.8 Å². The molecule has 0 fully saturated rings. The highest BCUT2D eigenvalue weighted by Gasteiger charge is 2.40. The number of fused-ring (bicyclic) bond motifs is 2. The second-order valence-electron chi connectivity index (χ2n) is 6.94. The predicted octanol–water partition coefficient (Wildman–Crippen LogP) is 4.33. The lowest BCUT2D eigenvalue weighted by Gasteiger charge is -2.22. The zero-order valence-electron chi connectivity index (χ0n) is 13.2. The van der Waals surface area contributed by atoms with E-state index in [1.165, 1.54) is 0 Å². The van der Waals surface area contributed by atoms with Crippen LogP contribution in [0.3, 0.4) is 0 Å². The first kappa shape index (κ1) is 14.1. The molecule has 1 aliphatic carbocycles. The minimum absolute atomic E-state index is 0.136. The monoisotopic (exact) mass is 283 g/mol. The van der Waals surface area contributed by atoms with Crippen molar-refractivity contribution in [1.82, 2.24) is 4.98 Å². The highest BCUT2D eigenvalue weighted by molar-refractivity contribution is 6.05. The normalized spacial score (nSPS) is 19.8. The van der Waals surface area contributed by atoms with Gasteiger partial charge in [-0.2, -0.15) is 0 Å². The topological polar surface area (TPSA) is 50.2 Å². The van der Waals surface area contributed by atoms with E-state index in [1.807, 2.05) is 26.0 Å². The molecule has 0 amide bonds. The van der Waals surface area contributed by atoms with Crippen molar-refractivity contribution in [1.29, 1.82) is 0 Å². The molecule has 3 heteroatoms. The third-order valence-electron chi connectivity index (χ3n) is 4.88. The number of rotatable bonds is 1. The van der Waals surface area contributed by atoms with Crippen LogP contribution in [0.5, 0.6) is 0 Å². The lowest BCUT2D eigenvalue weighted by molar-refractivity contribution is 0.0696. The van der Waals surface area contributed by atoms with E-state index in [1.54, 1.807) is 0 Å². The quantitative estimate of drug-likeness (QED) is 0.847. The van der Waals surface area contributed by atoms with Crippen molar-refractivity contribution < 1.29 is 9.90 Å². The van der Waals surface area contributed by atoms with Gasteiger partial charge in [0.1, 0.15) is 0 Å². The third-order valence-corrected chi connectivity index (χ3v) is 4.88. The Kier molecular flexibility index (Phi) is 2.88. The molecule has 0 bridgehead atoms. The van der Waals surface area contributed by atoms with Crippen LogP contribution in [-0.2, 0) is 5.41 Å². The van der Waals surface area contributed by atoms with E-state index in [9.17, 15) is 9.90 Å². The molecule has 2 aromatic rings. The molecule has 3 nitrogen and oxygen atoms in total. The van der Waals surface area contributed by atoms with Crippen LogP contribution in [0.2, 0.25) is 0 Å². The smallest absolute Gasteiger partial charge is 0.336 e. The van der Waals surface area contributed by atoms with Crippen molar-refractivity contribution in [3.8, 4) is 0 Å². The fourth-order valence-electron chi connectivity index (χ4n) is 3.81. The van der Waals surface area contributed by atoms with Gasteiger partial charge in [0.15, 0.2) is 0 Å². The maximum absolute atomic E-state index is 11.9. The van der Waals surface area contributed by atoms with Crippen LogP contribution < -0.4 is 0 Å². The molecule has 110 valence electrons. The minimum atomic E-state index is -0.843. The molecule has 1 N–H and O–H groups in total. The largest absolute Gasteiger partial charge is 0.478 e.